The van der Waals surface area contributed by atoms with E-state index in [1.54, 1.807) is 6.08 Å². The van der Waals surface area contributed by atoms with Crippen molar-refractivity contribution < 1.29 is 64.6 Å². The van der Waals surface area contributed by atoms with E-state index < -0.39 is 86.8 Å². The Hall–Kier alpha value is -3.35. The van der Waals surface area contributed by atoms with Crippen LogP contribution in [-0.2, 0) is 23.7 Å². The molecule has 2 rings (SSSR count). The van der Waals surface area contributed by atoms with Crippen LogP contribution in [0.5, 0.6) is 0 Å². The summed E-state index contributed by atoms with van der Waals surface area (Å²) in [6, 6.07) is -0.939. The van der Waals surface area contributed by atoms with Gasteiger partial charge in [-0.15, -0.1) is 0 Å². The molecule has 1 amide bonds. The third-order valence-electron chi connectivity index (χ3n) is 16.4. The highest BCUT2D eigenvalue weighted by atomic mass is 16.7. The van der Waals surface area contributed by atoms with Gasteiger partial charge in [-0.05, 0) is 89.9 Å². The molecule has 0 spiro atoms. The van der Waals surface area contributed by atoms with E-state index in [-0.39, 0.29) is 18.9 Å². The van der Waals surface area contributed by atoms with Gasteiger partial charge in [0.1, 0.15) is 48.8 Å². The quantitative estimate of drug-likeness (QED) is 0.0204. The highest BCUT2D eigenvalue weighted by Gasteiger charge is 2.51. The largest absolute Gasteiger partial charge is 0.394 e. The Kier molecular flexibility index (Phi) is 52.8. The minimum atomic E-state index is -1.80. The van der Waals surface area contributed by atoms with Crippen molar-refractivity contribution in [3.63, 3.8) is 0 Å². The Labute approximate surface area is 534 Å². The van der Waals surface area contributed by atoms with Crippen LogP contribution in [0.3, 0.4) is 0 Å². The lowest BCUT2D eigenvalue weighted by Gasteiger charge is -2.46. The fraction of sp³-hybridized carbons (Fsp3) is 0.743. The van der Waals surface area contributed by atoms with Gasteiger partial charge in [-0.25, -0.2) is 0 Å². The second-order valence-corrected chi connectivity index (χ2v) is 24.3. The van der Waals surface area contributed by atoms with Gasteiger partial charge >= 0.3 is 0 Å². The van der Waals surface area contributed by atoms with Crippen molar-refractivity contribution in [1.29, 1.82) is 0 Å². The zero-order valence-corrected chi connectivity index (χ0v) is 54.9. The number of rotatable bonds is 56. The molecule has 12 atom stereocenters. The van der Waals surface area contributed by atoms with Crippen LogP contribution in [0.25, 0.3) is 0 Å². The summed E-state index contributed by atoms with van der Waals surface area (Å²) in [7, 11) is 0. The van der Waals surface area contributed by atoms with E-state index in [4.69, 9.17) is 18.9 Å². The minimum Gasteiger partial charge on any atom is -0.394 e. The third kappa shape index (κ3) is 41.2. The molecule has 506 valence electrons. The van der Waals surface area contributed by atoms with E-state index in [1.807, 2.05) is 6.08 Å². The molecule has 2 aliphatic heterocycles. The molecular formula is C74H127NO13. The molecule has 2 fully saturated rings. The highest BCUT2D eigenvalue weighted by Crippen LogP contribution is 2.30. The van der Waals surface area contributed by atoms with Gasteiger partial charge in [-0.3, -0.25) is 4.79 Å². The van der Waals surface area contributed by atoms with Gasteiger partial charge in [0.2, 0.25) is 5.91 Å². The number of nitrogens with one attached hydrogen (secondary N) is 1. The summed E-state index contributed by atoms with van der Waals surface area (Å²) in [4.78, 5) is 13.3. The van der Waals surface area contributed by atoms with Crippen LogP contribution < -0.4 is 5.32 Å². The van der Waals surface area contributed by atoms with Crippen LogP contribution >= 0.6 is 0 Å². The first-order valence-electron chi connectivity index (χ1n) is 35.1. The molecule has 14 heteroatoms. The smallest absolute Gasteiger partial charge is 0.220 e. The number of ether oxygens (including phenoxy) is 4. The summed E-state index contributed by atoms with van der Waals surface area (Å²) in [5.74, 6) is -0.253. The maximum Gasteiger partial charge on any atom is 0.220 e. The first kappa shape index (κ1) is 80.7. The van der Waals surface area contributed by atoms with Gasteiger partial charge in [-0.2, -0.15) is 0 Å². The first-order valence-corrected chi connectivity index (χ1v) is 35.1. The van der Waals surface area contributed by atoms with Crippen LogP contribution in [0.2, 0.25) is 0 Å². The van der Waals surface area contributed by atoms with Gasteiger partial charge in [0.15, 0.2) is 12.6 Å². The molecule has 0 aromatic heterocycles. The Morgan fingerprint density at radius 1 is 0.420 bits per heavy atom. The molecule has 2 saturated heterocycles. The topological polar surface area (TPSA) is 228 Å². The van der Waals surface area contributed by atoms with Crippen LogP contribution in [0.4, 0.5) is 0 Å². The van der Waals surface area contributed by atoms with Gasteiger partial charge in [0.25, 0.3) is 0 Å². The molecule has 88 heavy (non-hydrogen) atoms. The number of carbonyl (C=O) groups is 1. The molecule has 0 radical (unpaired) electrons. The Balaban J connectivity index is 1.66. The fourth-order valence-electron chi connectivity index (χ4n) is 10.9. The van der Waals surface area contributed by atoms with E-state index in [2.05, 4.69) is 116 Å². The predicted octanol–water partition coefficient (Wildman–Crippen LogP) is 14.3. The van der Waals surface area contributed by atoms with Crippen molar-refractivity contribution in [2.24, 2.45) is 0 Å². The maximum atomic E-state index is 13.3. The molecule has 12 unspecified atom stereocenters. The standard InChI is InChI=1S/C74H127NO13/c1-3-5-7-9-11-13-15-17-19-21-23-24-25-26-27-28-29-30-31-32-33-34-35-36-37-38-40-42-44-46-48-50-52-54-56-58-66(79)75-62(63(78)57-55-53-51-49-47-45-43-41-39-22-20-18-16-14-12-10-8-6-4-2)61-85-73-71(84)69(82)72(65(60-77)87-73)88-74-70(83)68(81)67(80)64(59-76)86-74/h5,7,11,13,17,19,23-24,26-27,29-30,32-33,47,49,55,57,62-65,67-74,76-78,80-84H,3-4,6,8-10,12,14-16,18,20-22,25,28,31,34-46,48,50-54,56,58-61H2,1-2H3,(H,75,79)/b7-5-,13-11-,19-17-,24-23-,27-26-,30-29-,33-32-,49-47+,57-55+. The number of aliphatic hydroxyl groups is 8. The summed E-state index contributed by atoms with van der Waals surface area (Å²) in [5, 5.41) is 87.4. The van der Waals surface area contributed by atoms with E-state index in [0.717, 1.165) is 83.5 Å². The molecular weight excluding hydrogens is 1110 g/mol. The molecule has 2 heterocycles. The molecule has 0 saturated carbocycles. The number of amides is 1. The van der Waals surface area contributed by atoms with Crippen molar-refractivity contribution >= 4 is 5.91 Å². The Morgan fingerprint density at radius 2 is 0.795 bits per heavy atom. The molecule has 14 nitrogen and oxygen atoms in total. The number of aliphatic hydroxyl groups excluding tert-OH is 8. The zero-order chi connectivity index (χ0) is 63.8. The van der Waals surface area contributed by atoms with Crippen molar-refractivity contribution in [2.75, 3.05) is 19.8 Å². The highest BCUT2D eigenvalue weighted by molar-refractivity contribution is 5.76. The number of unbranched alkanes of at least 4 members (excludes halogenated alkanes) is 27. The SMILES string of the molecule is CC/C=C\C/C=C\C/C=C\C/C=C\C/C=C\C/C=C\C/C=C\CCCCCCCCCCCCCCCC(=O)NC(COC1OC(CO)C(OC2OC(CO)C(O)C(O)C2O)C(O)C1O)C(O)/C=C/CC/C=C/CCCCCCCCCCCCCCC. The second kappa shape index (κ2) is 57.5. The molecule has 0 bridgehead atoms. The average molecular weight is 1240 g/mol. The summed E-state index contributed by atoms with van der Waals surface area (Å²) < 4.78 is 22.8. The summed E-state index contributed by atoms with van der Waals surface area (Å²) >= 11 is 0. The van der Waals surface area contributed by atoms with Crippen molar-refractivity contribution in [1.82, 2.24) is 5.32 Å². The molecule has 9 N–H and O–H groups in total. The molecule has 0 aromatic rings. The van der Waals surface area contributed by atoms with Gasteiger partial charge < -0.3 is 65.1 Å². The molecule has 0 aromatic carbocycles. The van der Waals surface area contributed by atoms with Crippen LogP contribution in [0, 0.1) is 0 Å². The molecule has 2 aliphatic rings. The average Bonchev–Trinajstić information content (AvgIpc) is 1.84. The normalized spacial score (nSPS) is 23.8. The maximum absolute atomic E-state index is 13.3. The zero-order valence-electron chi connectivity index (χ0n) is 54.9. The lowest BCUT2D eigenvalue weighted by Crippen LogP contribution is -2.65. The summed E-state index contributed by atoms with van der Waals surface area (Å²) in [5.41, 5.74) is 0. The van der Waals surface area contributed by atoms with E-state index in [9.17, 15) is 45.6 Å². The predicted molar refractivity (Wildman–Crippen MR) is 359 cm³/mol. The van der Waals surface area contributed by atoms with Crippen LogP contribution in [0.15, 0.2) is 109 Å². The van der Waals surface area contributed by atoms with Gasteiger partial charge in [0, 0.05) is 6.42 Å². The van der Waals surface area contributed by atoms with Crippen LogP contribution in [0.1, 0.15) is 258 Å². The summed E-state index contributed by atoms with van der Waals surface area (Å²) in [6.07, 6.45) is 65.7. The number of hydrogen-bond acceptors (Lipinski definition) is 13. The monoisotopic (exact) mass is 1240 g/mol. The second-order valence-electron chi connectivity index (χ2n) is 24.3. The lowest BCUT2D eigenvalue weighted by molar-refractivity contribution is -0.359. The lowest BCUT2D eigenvalue weighted by atomic mass is 9.97. The van der Waals surface area contributed by atoms with Crippen molar-refractivity contribution in [3.8, 4) is 0 Å². The first-order chi connectivity index (χ1) is 43.1. The summed E-state index contributed by atoms with van der Waals surface area (Å²) in [6.45, 7) is 2.68. The number of carbonyl (C=O) groups excluding carboxylic acids is 1. The van der Waals surface area contributed by atoms with E-state index >= 15 is 0 Å². The fourth-order valence-corrected chi connectivity index (χ4v) is 10.9. The minimum absolute atomic E-state index is 0.253. The number of hydrogen-bond donors (Lipinski definition) is 9. The van der Waals surface area contributed by atoms with E-state index in [1.165, 1.54) is 141 Å². The Morgan fingerprint density at radius 3 is 1.25 bits per heavy atom. The van der Waals surface area contributed by atoms with Gasteiger partial charge in [-0.1, -0.05) is 271 Å². The van der Waals surface area contributed by atoms with Gasteiger partial charge in [0.05, 0.1) is 32.0 Å². The third-order valence-corrected chi connectivity index (χ3v) is 16.4. The number of allylic oxidation sites excluding steroid dienone is 17. The van der Waals surface area contributed by atoms with Crippen molar-refractivity contribution in [3.05, 3.63) is 109 Å². The Bertz CT molecular complexity index is 1890. The molecule has 0 aliphatic carbocycles. The van der Waals surface area contributed by atoms with Crippen molar-refractivity contribution in [2.45, 2.75) is 331 Å². The van der Waals surface area contributed by atoms with E-state index in [0.29, 0.717) is 12.8 Å². The van der Waals surface area contributed by atoms with Crippen LogP contribution in [-0.4, -0.2) is 140 Å².